The van der Waals surface area contributed by atoms with E-state index in [1.807, 2.05) is 124 Å². The molecule has 638 valence electrons. The molecule has 1 amide bonds. The highest BCUT2D eigenvalue weighted by Gasteiger charge is 2.36. The maximum atomic E-state index is 14.3. The van der Waals surface area contributed by atoms with E-state index in [0.29, 0.717) is 92.2 Å². The molecule has 15 rings (SSSR count). The highest BCUT2D eigenvalue weighted by Crippen LogP contribution is 2.47. The number of ether oxygens (including phenoxy) is 4. The van der Waals surface area contributed by atoms with E-state index in [9.17, 15) is 23.2 Å². The second-order valence-corrected chi connectivity index (χ2v) is 35.9. The van der Waals surface area contributed by atoms with Crippen molar-refractivity contribution in [2.75, 3.05) is 48.1 Å². The fraction of sp³-hybridized carbons (Fsp3) is 0.337. The first kappa shape index (κ1) is 90.3. The molecule has 3 aliphatic carbocycles. The normalized spacial score (nSPS) is 17.2. The number of methoxy groups -OCH3 is 1. The van der Waals surface area contributed by atoms with Gasteiger partial charge >= 0.3 is 5.92 Å². The molecule has 0 spiro atoms. The Morgan fingerprint density at radius 2 is 0.730 bits per heavy atom. The van der Waals surface area contributed by atoms with Crippen LogP contribution in [0.1, 0.15) is 169 Å². The molecule has 0 saturated heterocycles. The minimum absolute atomic E-state index is 0.0255. The topological polar surface area (TPSA) is 134 Å². The zero-order valence-corrected chi connectivity index (χ0v) is 75.7. The predicted octanol–water partition coefficient (Wildman–Crippen LogP) is 26.1. The van der Waals surface area contributed by atoms with Crippen molar-refractivity contribution in [3.05, 3.63) is 271 Å². The maximum absolute atomic E-state index is 14.3. The van der Waals surface area contributed by atoms with Gasteiger partial charge in [0.1, 0.15) is 27.9 Å². The van der Waals surface area contributed by atoms with Gasteiger partial charge in [-0.25, -0.2) is 0 Å². The third-order valence-electron chi connectivity index (χ3n) is 23.9. The third-order valence-corrected chi connectivity index (χ3v) is 29.1. The van der Waals surface area contributed by atoms with Gasteiger partial charge in [0.05, 0.1) is 51.8 Å². The van der Waals surface area contributed by atoms with Crippen molar-refractivity contribution in [2.24, 2.45) is 0 Å². The number of Topliss-reactive ketones (excluding diaryl/α,β-unsaturated/α-hetero) is 2. The standard InChI is InChI=1S/C34H35ClF2N2O3S.C34H37ClN2O2S.C33H37ClN2O2S/c1-4-42-28-18-13-23(21-9-11-22(12-10-21)32(40)34(2,36)37)19-24(28)20-39(26-16-14-25(38-3)15-17-26)33(41)31-30(35)27-7-5-6-8-29(27)43-31;1-5-39-31-19-14-26(25-12-10-24(11-13-25)23(3)38)20-27(31)21-37(29-17-15-28(36-4)16-18-29)22(2)34-33(35)30-8-6-7-9-32(30)40-34;1-5-38-30-19-12-24(23-10-17-28(37-4)18-11-23)20-25(30)21-36(27-15-13-26(35-3)14-16-27)22(2)33-32(34)29-8-6-7-9-31(29)39-33/h5-13,18-19,25-26,38H,4,14-17,20H2,1-3H3;6-14,19-20,28-29,36H,2,5,15-18,21H2,1,3-4H3;6-12,17-20,26-27,35H,2,5,13-16,21H2,1,3-4H3. The van der Waals surface area contributed by atoms with Gasteiger partial charge < -0.3 is 49.6 Å². The van der Waals surface area contributed by atoms with E-state index in [2.05, 4.69) is 138 Å². The highest BCUT2D eigenvalue weighted by atomic mass is 35.5. The Kier molecular flexibility index (Phi) is 31.0. The molecular formula is C101H109Cl3F2N6O7S3. The molecule has 0 atom stereocenters. The lowest BCUT2D eigenvalue weighted by atomic mass is 9.89. The van der Waals surface area contributed by atoms with Gasteiger partial charge in [-0.1, -0.05) is 181 Å². The fourth-order valence-electron chi connectivity index (χ4n) is 17.1. The van der Waals surface area contributed by atoms with Crippen LogP contribution in [0.4, 0.5) is 8.78 Å². The van der Waals surface area contributed by atoms with Gasteiger partial charge in [-0.05, 0) is 226 Å². The van der Waals surface area contributed by atoms with Gasteiger partial charge in [-0.3, -0.25) is 14.4 Å². The molecule has 0 radical (unpaired) electrons. The fourth-order valence-corrected chi connectivity index (χ4v) is 21.6. The van der Waals surface area contributed by atoms with E-state index in [1.165, 1.54) is 32.9 Å². The summed E-state index contributed by atoms with van der Waals surface area (Å²) in [6, 6.07) is 67.6. The van der Waals surface area contributed by atoms with Crippen molar-refractivity contribution in [3.8, 4) is 56.4 Å². The SMILES string of the molecule is C=C(c1sc2ccccc2c1Cl)N(Cc1cc(-c2ccc(C(C)=O)cc2)ccc1OCC)C1CCC(NC)CC1.C=C(c1sc2ccccc2c1Cl)N(Cc1cc(-c2ccc(OC)cc2)ccc1OCC)C1CCC(NC)CC1.CCOc1ccc(-c2ccc(C(=O)C(C)(F)F)cc2)cc1CN(C(=O)c1sc2ccccc2c1Cl)C1CCC(NC)CC1. The Morgan fingerprint density at radius 1 is 0.426 bits per heavy atom. The van der Waals surface area contributed by atoms with Crippen LogP contribution in [-0.4, -0.2) is 122 Å². The van der Waals surface area contributed by atoms with Crippen LogP contribution in [-0.2, 0) is 19.6 Å². The summed E-state index contributed by atoms with van der Waals surface area (Å²) in [5, 5.41) is 15.4. The Labute approximate surface area is 744 Å². The first-order chi connectivity index (χ1) is 59.0. The highest BCUT2D eigenvalue weighted by molar-refractivity contribution is 7.22. The van der Waals surface area contributed by atoms with E-state index in [4.69, 9.17) is 53.8 Å². The number of hydrogen-bond acceptors (Lipinski definition) is 15. The van der Waals surface area contributed by atoms with Crippen LogP contribution in [0, 0.1) is 0 Å². The molecule has 0 unspecified atom stereocenters. The van der Waals surface area contributed by atoms with Crippen LogP contribution in [0.15, 0.2) is 213 Å². The molecule has 12 aromatic rings. The number of carbonyl (C=O) groups excluding carboxylic acids is 3. The summed E-state index contributed by atoms with van der Waals surface area (Å²) in [6.45, 7) is 20.8. The lowest BCUT2D eigenvalue weighted by Gasteiger charge is -2.39. The second-order valence-electron chi connectivity index (χ2n) is 31.6. The number of hydrogen-bond donors (Lipinski definition) is 3. The van der Waals surface area contributed by atoms with Crippen molar-refractivity contribution in [1.29, 1.82) is 0 Å². The van der Waals surface area contributed by atoms with E-state index in [-0.39, 0.29) is 23.3 Å². The quantitative estimate of drug-likeness (QED) is 0.0370. The molecule has 3 N–H and O–H groups in total. The summed E-state index contributed by atoms with van der Waals surface area (Å²) in [5.41, 5.74) is 11.8. The zero-order valence-electron chi connectivity index (χ0n) is 71.0. The van der Waals surface area contributed by atoms with Crippen LogP contribution in [0.25, 0.3) is 75.0 Å². The summed E-state index contributed by atoms with van der Waals surface area (Å²) in [4.78, 5) is 47.6. The number of alkyl halides is 2. The van der Waals surface area contributed by atoms with E-state index < -0.39 is 11.7 Å². The van der Waals surface area contributed by atoms with Crippen molar-refractivity contribution < 1.29 is 42.1 Å². The van der Waals surface area contributed by atoms with E-state index in [1.54, 1.807) is 48.8 Å². The van der Waals surface area contributed by atoms with E-state index in [0.717, 1.165) is 202 Å². The molecular weight excluding hydrogens is 1650 g/mol. The van der Waals surface area contributed by atoms with Gasteiger partial charge in [0.25, 0.3) is 5.91 Å². The number of nitrogens with zero attached hydrogens (tertiary/aromatic N) is 3. The largest absolute Gasteiger partial charge is 0.497 e. The molecule has 0 bridgehead atoms. The van der Waals surface area contributed by atoms with Gasteiger partial charge in [0.15, 0.2) is 5.78 Å². The first-order valence-corrected chi connectivity index (χ1v) is 45.9. The number of fused-ring (bicyclic) bond motifs is 3. The molecule has 122 heavy (non-hydrogen) atoms. The van der Waals surface area contributed by atoms with Crippen molar-refractivity contribution in [2.45, 2.75) is 173 Å². The second kappa shape index (κ2) is 41.8. The molecule has 9 aromatic carbocycles. The molecule has 3 aliphatic rings. The Bertz CT molecular complexity index is 5630. The van der Waals surface area contributed by atoms with E-state index >= 15 is 0 Å². The summed E-state index contributed by atoms with van der Waals surface area (Å²) in [6.07, 6.45) is 12.6. The number of halogens is 5. The number of nitrogens with one attached hydrogen (secondary N) is 3. The summed E-state index contributed by atoms with van der Waals surface area (Å²) in [5.74, 6) is -1.36. The minimum atomic E-state index is -3.44. The monoisotopic (exact) mass is 1760 g/mol. The van der Waals surface area contributed by atoms with Crippen LogP contribution < -0.4 is 34.9 Å². The van der Waals surface area contributed by atoms with Crippen LogP contribution in [0.3, 0.4) is 0 Å². The average molecular weight is 1760 g/mol. The Morgan fingerprint density at radius 3 is 1.05 bits per heavy atom. The molecule has 3 aromatic heterocycles. The Balaban J connectivity index is 0.000000158. The third kappa shape index (κ3) is 21.3. The predicted molar refractivity (Wildman–Crippen MR) is 505 cm³/mol. The van der Waals surface area contributed by atoms with Gasteiger partial charge in [0.2, 0.25) is 5.78 Å². The van der Waals surface area contributed by atoms with Crippen molar-refractivity contribution >= 4 is 128 Å². The smallest absolute Gasteiger partial charge is 0.307 e. The lowest BCUT2D eigenvalue weighted by molar-refractivity contribution is 0.0221. The zero-order chi connectivity index (χ0) is 86.3. The average Bonchev–Trinajstić information content (AvgIpc) is 1.60. The summed E-state index contributed by atoms with van der Waals surface area (Å²) in [7, 11) is 7.79. The number of amides is 1. The van der Waals surface area contributed by atoms with Crippen molar-refractivity contribution in [1.82, 2.24) is 30.7 Å². The molecule has 0 aliphatic heterocycles. The number of rotatable bonds is 30. The van der Waals surface area contributed by atoms with Crippen LogP contribution in [0.5, 0.6) is 23.0 Å². The van der Waals surface area contributed by atoms with Crippen molar-refractivity contribution in [3.63, 3.8) is 0 Å². The summed E-state index contributed by atoms with van der Waals surface area (Å²) >= 11 is 25.6. The lowest BCUT2D eigenvalue weighted by Crippen LogP contribution is -2.44. The Hall–Kier alpha value is -9.44. The number of ketones is 2. The van der Waals surface area contributed by atoms with Crippen LogP contribution in [0.2, 0.25) is 15.1 Å². The number of carbonyl (C=O) groups is 3. The minimum Gasteiger partial charge on any atom is -0.497 e. The maximum Gasteiger partial charge on any atom is 0.307 e. The van der Waals surface area contributed by atoms with Gasteiger partial charge in [0, 0.05) is 132 Å². The molecule has 3 fully saturated rings. The summed E-state index contributed by atoms with van der Waals surface area (Å²) < 4.78 is 54.1. The molecule has 21 heteroatoms. The van der Waals surface area contributed by atoms with Crippen LogP contribution >= 0.6 is 68.8 Å². The molecule has 3 saturated carbocycles. The number of benzene rings is 9. The first-order valence-electron chi connectivity index (χ1n) is 42.3. The molecule has 13 nitrogen and oxygen atoms in total. The van der Waals surface area contributed by atoms with Gasteiger partial charge in [-0.15, -0.1) is 34.0 Å². The van der Waals surface area contributed by atoms with Gasteiger partial charge in [-0.2, -0.15) is 8.78 Å². The molecule has 3 heterocycles. The number of thiophene rings is 3.